The van der Waals surface area contributed by atoms with E-state index in [-0.39, 0.29) is 0 Å². The Morgan fingerprint density at radius 3 is 0.897 bits per heavy atom. The first-order valence-electron chi connectivity index (χ1n) is 33.5. The molecule has 97 heavy (non-hydrogen) atoms. The monoisotopic (exact) mass is 1260 g/mol. The number of aromatic nitrogens is 8. The van der Waals surface area contributed by atoms with E-state index in [9.17, 15) is 0 Å². The van der Waals surface area contributed by atoms with E-state index in [1.807, 2.05) is 21.5 Å². The number of fused-ring (bicyclic) bond motifs is 3. The molecule has 12 aromatic carbocycles. The molecule has 12 nitrogen and oxygen atoms in total. The maximum Gasteiger partial charge on any atom is 0.250 e. The van der Waals surface area contributed by atoms with Gasteiger partial charge in [-0.1, -0.05) is 326 Å². The Bertz CT molecular complexity index is 4300. The molecule has 0 fully saturated rings. The number of rotatable bonds is 26. The molecule has 1 aliphatic carbocycles. The highest BCUT2D eigenvalue weighted by Crippen LogP contribution is 2.56. The van der Waals surface area contributed by atoms with Crippen molar-refractivity contribution in [3.63, 3.8) is 0 Å². The molecule has 0 aliphatic heterocycles. The van der Waals surface area contributed by atoms with Crippen molar-refractivity contribution >= 4 is 23.3 Å². The van der Waals surface area contributed by atoms with Crippen LogP contribution in [-0.2, 0) is 29.6 Å². The topological polar surface area (TPSA) is 118 Å². The standard InChI is InChI=1S/C85H74N12/c1-9-31-65(32-10-1)63-96-81(88-90-92-96)94(61-29-59-86-84(69-35-13-3-14-36-69,70-37-15-4-16-38-70)71-39-17-5-18-40-71)75-55-51-67(52-56-75)83(79-49-27-25-47-77(79)78-48-26-28-50-80(78)83)68-53-57-76(58-54-68)95(82-89-91-93-97(82)64-66-33-11-2-12-34-66)62-30-60-87-85(72-41-19-6-20-42-72,73-43-21-7-22-44-73)74-45-23-8-24-46-74/h1-28,31-58,86-87H,29-30,59-64H2. The third-order valence-corrected chi connectivity index (χ3v) is 19.2. The van der Waals surface area contributed by atoms with Gasteiger partial charge in [-0.3, -0.25) is 10.6 Å². The summed E-state index contributed by atoms with van der Waals surface area (Å²) in [5.74, 6) is 1.33. The molecule has 1 aliphatic rings. The number of nitrogens with one attached hydrogen (secondary N) is 2. The van der Waals surface area contributed by atoms with Gasteiger partial charge < -0.3 is 9.80 Å². The third kappa shape index (κ3) is 12.0. The first-order chi connectivity index (χ1) is 48.1. The summed E-state index contributed by atoms with van der Waals surface area (Å²) in [6.45, 7) is 3.60. The number of hydrogen-bond acceptors (Lipinski definition) is 10. The van der Waals surface area contributed by atoms with Crippen LogP contribution >= 0.6 is 0 Å². The van der Waals surface area contributed by atoms with E-state index in [1.54, 1.807) is 0 Å². The molecule has 15 rings (SSSR count). The van der Waals surface area contributed by atoms with Crippen molar-refractivity contribution in [2.75, 3.05) is 36.0 Å². The van der Waals surface area contributed by atoms with E-state index in [0.29, 0.717) is 51.2 Å². The first kappa shape index (κ1) is 61.5. The fourth-order valence-corrected chi connectivity index (χ4v) is 14.8. The van der Waals surface area contributed by atoms with Crippen LogP contribution in [-0.4, -0.2) is 66.6 Å². The average Bonchev–Trinajstić information content (AvgIpc) is 1.57. The van der Waals surface area contributed by atoms with Gasteiger partial charge in [0.25, 0.3) is 0 Å². The summed E-state index contributed by atoms with van der Waals surface area (Å²) in [4.78, 5) is 4.56. The van der Waals surface area contributed by atoms with Gasteiger partial charge in [-0.05, 0) is 149 Å². The van der Waals surface area contributed by atoms with Crippen molar-refractivity contribution in [1.29, 1.82) is 0 Å². The summed E-state index contributed by atoms with van der Waals surface area (Å²) < 4.78 is 3.83. The minimum atomic E-state index is -0.706. The van der Waals surface area contributed by atoms with E-state index >= 15 is 0 Å². The van der Waals surface area contributed by atoms with E-state index in [4.69, 9.17) is 10.2 Å². The van der Waals surface area contributed by atoms with E-state index < -0.39 is 16.5 Å². The number of benzene rings is 12. The smallest absolute Gasteiger partial charge is 0.250 e. The lowest BCUT2D eigenvalue weighted by molar-refractivity contribution is 0.466. The highest BCUT2D eigenvalue weighted by Gasteiger charge is 2.46. The zero-order chi connectivity index (χ0) is 65.1. The summed E-state index contributed by atoms with van der Waals surface area (Å²) in [5.41, 5.74) is 16.4. The van der Waals surface area contributed by atoms with Crippen molar-refractivity contribution in [2.24, 2.45) is 0 Å². The van der Waals surface area contributed by atoms with Crippen LogP contribution in [0.5, 0.6) is 0 Å². The van der Waals surface area contributed by atoms with Crippen LogP contribution in [0.1, 0.15) is 79.6 Å². The molecular formula is C85H74N12. The van der Waals surface area contributed by atoms with Crippen molar-refractivity contribution in [3.05, 3.63) is 406 Å². The fourth-order valence-electron chi connectivity index (χ4n) is 14.8. The van der Waals surface area contributed by atoms with Crippen molar-refractivity contribution in [2.45, 2.75) is 42.4 Å². The van der Waals surface area contributed by atoms with Crippen molar-refractivity contribution < 1.29 is 0 Å². The molecule has 0 unspecified atom stereocenters. The SMILES string of the molecule is c1ccc(Cn2nnnc2N(CCCNC(c2ccccc2)(c2ccccc2)c2ccccc2)c2ccc(C3(c4ccc(N(CCCNC(c5ccccc5)(c5ccccc5)c5ccccc5)c5nnnn5Cc5ccccc5)cc4)c4ccccc4-c4ccccc43)cc2)cc1. The number of nitrogens with zero attached hydrogens (tertiary/aromatic N) is 10. The minimum absolute atomic E-state index is 0.509. The highest BCUT2D eigenvalue weighted by atomic mass is 15.6. The maximum atomic E-state index is 4.80. The normalized spacial score (nSPS) is 12.4. The van der Waals surface area contributed by atoms with Gasteiger partial charge in [0.2, 0.25) is 11.9 Å². The second kappa shape index (κ2) is 28.1. The lowest BCUT2D eigenvalue weighted by Crippen LogP contribution is -2.45. The van der Waals surface area contributed by atoms with Gasteiger partial charge >= 0.3 is 0 Å². The largest absolute Gasteiger partial charge is 0.309 e. The van der Waals surface area contributed by atoms with Crippen LogP contribution in [0.25, 0.3) is 11.1 Å². The Morgan fingerprint density at radius 1 is 0.309 bits per heavy atom. The molecule has 12 heteroatoms. The predicted octanol–water partition coefficient (Wildman–Crippen LogP) is 16.3. The van der Waals surface area contributed by atoms with Gasteiger partial charge in [-0.2, -0.15) is 0 Å². The lowest BCUT2D eigenvalue weighted by Gasteiger charge is -2.37. The number of anilines is 4. The molecule has 0 amide bonds. The summed E-state index contributed by atoms with van der Waals surface area (Å²) in [6, 6.07) is 122. The summed E-state index contributed by atoms with van der Waals surface area (Å²) >= 11 is 0. The molecule has 0 radical (unpaired) electrons. The quantitative estimate of drug-likeness (QED) is 0.0401. The van der Waals surface area contributed by atoms with Gasteiger partial charge in [0.15, 0.2) is 0 Å². The Morgan fingerprint density at radius 2 is 0.588 bits per heavy atom. The summed E-state index contributed by atoms with van der Waals surface area (Å²) in [6.07, 6.45) is 1.51. The Hall–Kier alpha value is -11.7. The highest BCUT2D eigenvalue weighted by molar-refractivity contribution is 5.86. The lowest BCUT2D eigenvalue weighted by atomic mass is 9.67. The van der Waals surface area contributed by atoms with Gasteiger partial charge in [-0.15, -0.1) is 0 Å². The van der Waals surface area contributed by atoms with Crippen LogP contribution in [0.15, 0.2) is 340 Å². The third-order valence-electron chi connectivity index (χ3n) is 19.2. The molecular weight excluding hydrogens is 1190 g/mol. The average molecular weight is 1260 g/mol. The molecule has 0 saturated heterocycles. The molecule has 2 aromatic heterocycles. The molecule has 0 bridgehead atoms. The van der Waals surface area contributed by atoms with Crippen molar-refractivity contribution in [1.82, 2.24) is 51.0 Å². The summed E-state index contributed by atoms with van der Waals surface area (Å²) in [5, 5.41) is 35.8. The Balaban J connectivity index is 0.789. The van der Waals surface area contributed by atoms with Gasteiger partial charge in [-0.25, -0.2) is 9.36 Å². The molecule has 0 saturated carbocycles. The van der Waals surface area contributed by atoms with Crippen LogP contribution in [0.2, 0.25) is 0 Å². The van der Waals surface area contributed by atoms with Crippen LogP contribution in [0.3, 0.4) is 0 Å². The van der Waals surface area contributed by atoms with Crippen LogP contribution in [0.4, 0.5) is 23.3 Å². The molecule has 0 atom stereocenters. The van der Waals surface area contributed by atoms with Crippen molar-refractivity contribution in [3.8, 4) is 11.1 Å². The van der Waals surface area contributed by atoms with Gasteiger partial charge in [0, 0.05) is 24.5 Å². The minimum Gasteiger partial charge on any atom is -0.309 e. The first-order valence-corrected chi connectivity index (χ1v) is 33.5. The van der Waals surface area contributed by atoms with Gasteiger partial charge in [0.05, 0.1) is 29.6 Å². The maximum absolute atomic E-state index is 4.80. The van der Waals surface area contributed by atoms with E-state index in [0.717, 1.165) is 46.5 Å². The second-order valence-electron chi connectivity index (χ2n) is 24.7. The van der Waals surface area contributed by atoms with Crippen LogP contribution in [0, 0.1) is 0 Å². The number of tetrazole rings is 2. The Labute approximate surface area is 567 Å². The molecule has 0 spiro atoms. The molecule has 14 aromatic rings. The second-order valence-corrected chi connectivity index (χ2v) is 24.7. The van der Waals surface area contributed by atoms with Gasteiger partial charge in [0.1, 0.15) is 0 Å². The zero-order valence-corrected chi connectivity index (χ0v) is 54.0. The molecule has 474 valence electrons. The number of hydrogen-bond donors (Lipinski definition) is 2. The molecule has 2 N–H and O–H groups in total. The molecule has 2 heterocycles. The van der Waals surface area contributed by atoms with E-state index in [1.165, 1.54) is 55.6 Å². The predicted molar refractivity (Wildman–Crippen MR) is 388 cm³/mol. The fraction of sp³-hybridized carbons (Fsp3) is 0.129. The summed E-state index contributed by atoms with van der Waals surface area (Å²) in [7, 11) is 0. The van der Waals surface area contributed by atoms with Crippen LogP contribution < -0.4 is 20.4 Å². The van der Waals surface area contributed by atoms with E-state index in [2.05, 4.69) is 369 Å². The zero-order valence-electron chi connectivity index (χ0n) is 54.0. The Kier molecular flexibility index (Phi) is 17.8.